The second kappa shape index (κ2) is 3.13. The lowest BCUT2D eigenvalue weighted by Gasteiger charge is -2.03. The summed E-state index contributed by atoms with van der Waals surface area (Å²) in [6, 6.07) is 0. The minimum atomic E-state index is -0.811. The van der Waals surface area contributed by atoms with Crippen LogP contribution in [0.5, 0.6) is 0 Å². The zero-order valence-electron chi connectivity index (χ0n) is 5.56. The van der Waals surface area contributed by atoms with Gasteiger partial charge in [-0.15, -0.1) is 0 Å². The van der Waals surface area contributed by atoms with Gasteiger partial charge in [-0.1, -0.05) is 5.23 Å². The van der Waals surface area contributed by atoms with Crippen molar-refractivity contribution in [1.29, 1.82) is 0 Å². The molecule has 6 nitrogen and oxygen atoms in total. The van der Waals surface area contributed by atoms with Gasteiger partial charge in [0.1, 0.15) is 0 Å². The number of hydrogen-bond acceptors (Lipinski definition) is 4. The van der Waals surface area contributed by atoms with Crippen molar-refractivity contribution in [3.63, 3.8) is 0 Å². The quantitative estimate of drug-likeness (QED) is 0.401. The molecule has 1 aromatic heterocycles. The number of carbonyl (C=O) groups is 1. The van der Waals surface area contributed by atoms with Crippen LogP contribution in [0, 0.1) is 0 Å². The van der Waals surface area contributed by atoms with Gasteiger partial charge in [0, 0.05) is 11.9 Å². The number of rotatable bonds is 2. The van der Waals surface area contributed by atoms with Gasteiger partial charge in [0.05, 0.1) is 12.7 Å². The molecule has 0 saturated carbocycles. The Kier molecular flexibility index (Phi) is 2.19. The average molecular weight is 157 g/mol. The normalized spacial score (nSPS) is 9.64. The molecule has 1 rings (SSSR count). The van der Waals surface area contributed by atoms with Gasteiger partial charge in [0.15, 0.2) is 0 Å². The van der Waals surface area contributed by atoms with Crippen LogP contribution in [0.1, 0.15) is 5.69 Å². The highest BCUT2D eigenvalue weighted by atomic mass is 16.8. The van der Waals surface area contributed by atoms with Crippen LogP contribution in [0.2, 0.25) is 0 Å². The molecule has 60 valence electrons. The Labute approximate surface area is 62.0 Å². The number of H-pyrrole nitrogens is 1. The van der Waals surface area contributed by atoms with Gasteiger partial charge in [-0.2, -0.15) is 0 Å². The number of nitrogens with zero attached hydrogens (tertiary/aromatic N) is 2. The molecule has 0 fully saturated rings. The van der Waals surface area contributed by atoms with Gasteiger partial charge in [-0.05, 0) is 0 Å². The van der Waals surface area contributed by atoms with Crippen molar-refractivity contribution in [2.75, 3.05) is 0 Å². The van der Waals surface area contributed by atoms with Crippen LogP contribution < -0.4 is 0 Å². The lowest BCUT2D eigenvalue weighted by Crippen LogP contribution is -2.25. The van der Waals surface area contributed by atoms with Crippen LogP contribution in [0.15, 0.2) is 12.5 Å². The molecule has 3 N–H and O–H groups in total. The SMILES string of the molecule is O=C(Cc1cnc[nH]1)N(O)O. The summed E-state index contributed by atoms with van der Waals surface area (Å²) in [5.74, 6) is -0.811. The fourth-order valence-electron chi connectivity index (χ4n) is 0.615. The number of nitrogens with one attached hydrogen (secondary N) is 1. The van der Waals surface area contributed by atoms with Gasteiger partial charge in [-0.3, -0.25) is 15.2 Å². The molecule has 11 heavy (non-hydrogen) atoms. The number of aromatic amines is 1. The first-order chi connectivity index (χ1) is 5.20. The maximum absolute atomic E-state index is 10.6. The Morgan fingerprint density at radius 1 is 1.73 bits per heavy atom. The minimum absolute atomic E-state index is 0.104. The molecule has 0 bridgehead atoms. The van der Waals surface area contributed by atoms with Gasteiger partial charge >= 0.3 is 0 Å². The third-order valence-electron chi connectivity index (χ3n) is 1.12. The maximum Gasteiger partial charge on any atom is 0.278 e. The molecule has 1 heterocycles. The second-order valence-corrected chi connectivity index (χ2v) is 1.94. The Bertz CT molecular complexity index is 231. The zero-order chi connectivity index (χ0) is 8.27. The van der Waals surface area contributed by atoms with Gasteiger partial charge in [0.2, 0.25) is 0 Å². The first-order valence-corrected chi connectivity index (χ1v) is 2.88. The fraction of sp³-hybridized carbons (Fsp3) is 0.200. The van der Waals surface area contributed by atoms with Crippen LogP contribution in [0.25, 0.3) is 0 Å². The molecule has 0 atom stereocenters. The highest BCUT2D eigenvalue weighted by Crippen LogP contribution is 1.94. The summed E-state index contributed by atoms with van der Waals surface area (Å²) in [5.41, 5.74) is 0.531. The Morgan fingerprint density at radius 3 is 2.91 bits per heavy atom. The molecule has 0 unspecified atom stereocenters. The monoisotopic (exact) mass is 157 g/mol. The van der Waals surface area contributed by atoms with E-state index in [2.05, 4.69) is 9.97 Å². The van der Waals surface area contributed by atoms with Crippen LogP contribution in [-0.2, 0) is 11.2 Å². The standard InChI is InChI=1S/C5H7N3O3/c9-5(8(10)11)1-4-2-6-3-7-4/h2-3,10-11H,1H2,(H,6,7). The summed E-state index contributed by atoms with van der Waals surface area (Å²) in [5, 5.41) is 16.0. The number of hydrogen-bond donors (Lipinski definition) is 3. The summed E-state index contributed by atoms with van der Waals surface area (Å²) in [6.07, 6.45) is 2.73. The molecule has 0 aromatic carbocycles. The van der Waals surface area contributed by atoms with E-state index in [-0.39, 0.29) is 6.42 Å². The molecule has 1 aromatic rings. The average Bonchev–Trinajstić information content (AvgIpc) is 2.39. The topological polar surface area (TPSA) is 89.5 Å². The number of amides is 1. The summed E-state index contributed by atoms with van der Waals surface area (Å²) in [4.78, 5) is 16.9. The lowest BCUT2D eigenvalue weighted by molar-refractivity contribution is -0.284. The molecule has 0 saturated heterocycles. The summed E-state index contributed by atoms with van der Waals surface area (Å²) < 4.78 is 0. The number of imidazole rings is 1. The Morgan fingerprint density at radius 2 is 2.45 bits per heavy atom. The van der Waals surface area contributed by atoms with Crippen LogP contribution in [0.4, 0.5) is 0 Å². The molecule has 0 aliphatic heterocycles. The van der Waals surface area contributed by atoms with Crippen LogP contribution >= 0.6 is 0 Å². The van der Waals surface area contributed by atoms with Crippen molar-refractivity contribution >= 4 is 5.91 Å². The molecular weight excluding hydrogens is 150 g/mol. The zero-order valence-corrected chi connectivity index (χ0v) is 5.56. The third kappa shape index (κ3) is 2.03. The summed E-state index contributed by atoms with van der Waals surface area (Å²) >= 11 is 0. The van der Waals surface area contributed by atoms with E-state index in [1.807, 2.05) is 0 Å². The number of aromatic nitrogens is 2. The predicted molar refractivity (Wildman–Crippen MR) is 32.7 cm³/mol. The van der Waals surface area contributed by atoms with Crippen molar-refractivity contribution in [1.82, 2.24) is 15.2 Å². The van der Waals surface area contributed by atoms with Crippen molar-refractivity contribution < 1.29 is 15.2 Å². The van der Waals surface area contributed by atoms with Gasteiger partial charge in [-0.25, -0.2) is 4.98 Å². The summed E-state index contributed by atoms with van der Waals surface area (Å²) in [6.45, 7) is 0. The minimum Gasteiger partial charge on any atom is -0.348 e. The number of carbonyl (C=O) groups excluding carboxylic acids is 1. The molecule has 0 aliphatic rings. The molecule has 1 amide bonds. The van der Waals surface area contributed by atoms with E-state index in [1.165, 1.54) is 12.5 Å². The molecule has 0 radical (unpaired) electrons. The summed E-state index contributed by atoms with van der Waals surface area (Å²) in [7, 11) is 0. The third-order valence-corrected chi connectivity index (χ3v) is 1.12. The van der Waals surface area contributed by atoms with E-state index in [1.54, 1.807) is 0 Å². The van der Waals surface area contributed by atoms with Crippen LogP contribution in [0.3, 0.4) is 0 Å². The van der Waals surface area contributed by atoms with Crippen molar-refractivity contribution in [3.05, 3.63) is 18.2 Å². The van der Waals surface area contributed by atoms with Crippen molar-refractivity contribution in [2.45, 2.75) is 6.42 Å². The molecule has 0 aliphatic carbocycles. The molecule has 0 spiro atoms. The molecular formula is C5H7N3O3. The highest BCUT2D eigenvalue weighted by molar-refractivity contribution is 5.75. The largest absolute Gasteiger partial charge is 0.348 e. The molecule has 6 heteroatoms. The smallest absolute Gasteiger partial charge is 0.278 e. The maximum atomic E-state index is 10.6. The van der Waals surface area contributed by atoms with E-state index in [4.69, 9.17) is 10.4 Å². The second-order valence-electron chi connectivity index (χ2n) is 1.94. The highest BCUT2D eigenvalue weighted by Gasteiger charge is 2.08. The van der Waals surface area contributed by atoms with E-state index < -0.39 is 11.1 Å². The van der Waals surface area contributed by atoms with Gasteiger partial charge in [0.25, 0.3) is 5.91 Å². The first-order valence-electron chi connectivity index (χ1n) is 2.88. The first kappa shape index (κ1) is 7.70. The van der Waals surface area contributed by atoms with E-state index >= 15 is 0 Å². The number of hydroxylamine groups is 2. The van der Waals surface area contributed by atoms with Crippen molar-refractivity contribution in [2.24, 2.45) is 0 Å². The van der Waals surface area contributed by atoms with Gasteiger partial charge < -0.3 is 4.98 Å². The Balaban J connectivity index is 2.50. The van der Waals surface area contributed by atoms with E-state index in [9.17, 15) is 4.79 Å². The Hall–Kier alpha value is -1.40. The van der Waals surface area contributed by atoms with E-state index in [0.29, 0.717) is 5.69 Å². The van der Waals surface area contributed by atoms with E-state index in [0.717, 1.165) is 0 Å². The van der Waals surface area contributed by atoms with Crippen molar-refractivity contribution in [3.8, 4) is 0 Å². The predicted octanol–water partition coefficient (Wildman–Crippen LogP) is -0.441. The lowest BCUT2D eigenvalue weighted by atomic mass is 10.3. The fourth-order valence-corrected chi connectivity index (χ4v) is 0.615. The van der Waals surface area contributed by atoms with Crippen LogP contribution in [-0.4, -0.2) is 31.5 Å².